The molecular weight excluding hydrogens is 458 g/mol. The third kappa shape index (κ3) is 3.52. The summed E-state index contributed by atoms with van der Waals surface area (Å²) in [5.74, 6) is 0.705. The highest BCUT2D eigenvalue weighted by molar-refractivity contribution is 7.26. The van der Waals surface area contributed by atoms with Gasteiger partial charge in [0.2, 0.25) is 0 Å². The van der Waals surface area contributed by atoms with Gasteiger partial charge in [-0.1, -0.05) is 13.8 Å². The number of fused-ring (bicyclic) bond motifs is 7. The van der Waals surface area contributed by atoms with E-state index in [-0.39, 0.29) is 5.43 Å². The Kier molecular flexibility index (Phi) is 5.31. The topological polar surface area (TPSA) is 79.2 Å². The number of nitrogens with one attached hydrogen (secondary N) is 1. The van der Waals surface area contributed by atoms with Crippen molar-refractivity contribution in [3.8, 4) is 0 Å². The standard InChI is InChI=1S/C28H29N3O3S/c1-5-17-11-18-22-19(12-29-23-21-15(3)10-16(4)30-27(21)35-26(22)23)28(33)34-25(18)20(24(17)32)13-31-8-6-14(2)7-9-31/h10-12,14,29H,5-9,13H2,1-4H3. The molecule has 35 heavy (non-hydrogen) atoms. The fourth-order valence-electron chi connectivity index (χ4n) is 5.59. The second-order valence-corrected chi connectivity index (χ2v) is 11.1. The number of rotatable bonds is 3. The van der Waals surface area contributed by atoms with Gasteiger partial charge in [0.1, 0.15) is 10.4 Å². The van der Waals surface area contributed by atoms with Crippen LogP contribution in [0.3, 0.4) is 0 Å². The van der Waals surface area contributed by atoms with Crippen LogP contribution in [0.5, 0.6) is 0 Å². The van der Waals surface area contributed by atoms with E-state index in [1.54, 1.807) is 17.5 Å². The fourth-order valence-corrected chi connectivity index (χ4v) is 6.92. The van der Waals surface area contributed by atoms with Crippen LogP contribution in [-0.4, -0.2) is 28.0 Å². The van der Waals surface area contributed by atoms with E-state index in [1.807, 2.05) is 19.9 Å². The van der Waals surface area contributed by atoms with Gasteiger partial charge in [0.15, 0.2) is 5.43 Å². The zero-order valence-electron chi connectivity index (χ0n) is 20.6. The Labute approximate surface area is 206 Å². The van der Waals surface area contributed by atoms with Crippen molar-refractivity contribution < 1.29 is 4.42 Å². The maximum absolute atomic E-state index is 13.5. The van der Waals surface area contributed by atoms with Gasteiger partial charge in [-0.05, 0) is 69.8 Å². The summed E-state index contributed by atoms with van der Waals surface area (Å²) in [4.78, 5) is 38.1. The summed E-state index contributed by atoms with van der Waals surface area (Å²) in [6, 6.07) is 4.03. The van der Waals surface area contributed by atoms with Crippen molar-refractivity contribution in [1.29, 1.82) is 0 Å². The lowest BCUT2D eigenvalue weighted by atomic mass is 9.97. The average molecular weight is 488 g/mol. The smallest absolute Gasteiger partial charge is 0.345 e. The Balaban J connectivity index is 1.71. The van der Waals surface area contributed by atoms with Crippen LogP contribution in [0.4, 0.5) is 0 Å². The minimum atomic E-state index is -0.416. The molecule has 0 saturated carbocycles. The molecule has 0 amide bonds. The van der Waals surface area contributed by atoms with Gasteiger partial charge in [-0.3, -0.25) is 9.69 Å². The SMILES string of the molecule is CCc1cc2c(oc(=O)c3c[nH]c4c(sc5nc(C)cc(C)c54)c32)c(CN2CCC(C)CC2)c1=O. The Hall–Kier alpha value is -3.03. The number of pyridine rings is 2. The van der Waals surface area contributed by atoms with Crippen LogP contribution in [0.1, 0.15) is 49.1 Å². The lowest BCUT2D eigenvalue weighted by molar-refractivity contribution is 0.185. The highest BCUT2D eigenvalue weighted by Gasteiger charge is 2.23. The van der Waals surface area contributed by atoms with E-state index in [1.165, 1.54) is 0 Å². The normalized spacial score (nSPS) is 15.8. The first-order chi connectivity index (χ1) is 16.9. The van der Waals surface area contributed by atoms with Gasteiger partial charge in [0.05, 0.1) is 21.2 Å². The molecule has 1 saturated heterocycles. The number of thiophene rings is 1. The van der Waals surface area contributed by atoms with Crippen LogP contribution >= 0.6 is 11.3 Å². The first-order valence-corrected chi connectivity index (χ1v) is 13.2. The lowest BCUT2D eigenvalue weighted by Gasteiger charge is -2.30. The molecule has 0 aliphatic carbocycles. The minimum Gasteiger partial charge on any atom is -0.422 e. The van der Waals surface area contributed by atoms with Crippen LogP contribution in [0.15, 0.2) is 32.3 Å². The Morgan fingerprint density at radius 2 is 1.91 bits per heavy atom. The molecule has 0 atom stereocenters. The monoisotopic (exact) mass is 487 g/mol. The first kappa shape index (κ1) is 22.4. The molecule has 0 unspecified atom stereocenters. The molecular formula is C28H29N3O3S. The summed E-state index contributed by atoms with van der Waals surface area (Å²) in [7, 11) is 0. The van der Waals surface area contributed by atoms with Gasteiger partial charge in [-0.15, -0.1) is 11.3 Å². The number of nitrogens with zero attached hydrogens (tertiary/aromatic N) is 2. The summed E-state index contributed by atoms with van der Waals surface area (Å²) < 4.78 is 6.88. The molecule has 1 N–H and O–H groups in total. The number of benzene rings is 1. The van der Waals surface area contributed by atoms with Crippen LogP contribution < -0.4 is 11.1 Å². The number of likely N-dealkylation sites (tertiary alicyclic amines) is 1. The van der Waals surface area contributed by atoms with Gasteiger partial charge in [-0.2, -0.15) is 0 Å². The Bertz CT molecular complexity index is 1750. The second kappa shape index (κ2) is 8.28. The molecule has 1 aliphatic heterocycles. The van der Waals surface area contributed by atoms with Crippen molar-refractivity contribution in [3.05, 3.63) is 61.4 Å². The predicted octanol–water partition coefficient (Wildman–Crippen LogP) is 5.81. The summed E-state index contributed by atoms with van der Waals surface area (Å²) in [5, 5.41) is 3.28. The lowest BCUT2D eigenvalue weighted by Crippen LogP contribution is -2.34. The molecule has 6 rings (SSSR count). The molecule has 0 bridgehead atoms. The molecule has 7 heteroatoms. The van der Waals surface area contributed by atoms with E-state index < -0.39 is 5.63 Å². The second-order valence-electron chi connectivity index (χ2n) is 10.1. The van der Waals surface area contributed by atoms with Crippen LogP contribution in [0, 0.1) is 19.8 Å². The number of hydrogen-bond donors (Lipinski definition) is 1. The fraction of sp³-hybridized carbons (Fsp3) is 0.393. The van der Waals surface area contributed by atoms with E-state index in [2.05, 4.69) is 29.8 Å². The molecule has 1 aromatic carbocycles. The molecule has 1 aliphatic rings. The summed E-state index contributed by atoms with van der Waals surface area (Å²) in [6.45, 7) is 10.8. The molecule has 1 fully saturated rings. The quantitative estimate of drug-likeness (QED) is 0.257. The number of H-pyrrole nitrogens is 1. The van der Waals surface area contributed by atoms with Crippen molar-refractivity contribution in [2.75, 3.05) is 13.1 Å². The summed E-state index contributed by atoms with van der Waals surface area (Å²) in [6.07, 6.45) is 4.62. The van der Waals surface area contributed by atoms with Gasteiger partial charge in [0, 0.05) is 40.2 Å². The number of piperidine rings is 1. The maximum Gasteiger partial charge on any atom is 0.345 e. The van der Waals surface area contributed by atoms with E-state index >= 15 is 0 Å². The van der Waals surface area contributed by atoms with Gasteiger partial charge in [-0.25, -0.2) is 9.78 Å². The average Bonchev–Trinajstić information content (AvgIpc) is 3.21. The third-order valence-electron chi connectivity index (χ3n) is 7.57. The first-order valence-electron chi connectivity index (χ1n) is 12.4. The third-order valence-corrected chi connectivity index (χ3v) is 8.67. The molecule has 0 spiro atoms. The van der Waals surface area contributed by atoms with Crippen molar-refractivity contribution >= 4 is 53.5 Å². The van der Waals surface area contributed by atoms with Crippen molar-refractivity contribution in [2.45, 2.75) is 53.5 Å². The molecule has 180 valence electrons. The highest BCUT2D eigenvalue weighted by atomic mass is 32.1. The molecule has 0 radical (unpaired) electrons. The van der Waals surface area contributed by atoms with E-state index in [9.17, 15) is 9.59 Å². The molecule has 6 nitrogen and oxygen atoms in total. The zero-order chi connectivity index (χ0) is 24.4. The van der Waals surface area contributed by atoms with Gasteiger partial charge in [0.25, 0.3) is 0 Å². The van der Waals surface area contributed by atoms with E-state index in [0.29, 0.717) is 35.4 Å². The van der Waals surface area contributed by atoms with Gasteiger partial charge >= 0.3 is 5.63 Å². The van der Waals surface area contributed by atoms with Crippen LogP contribution in [0.25, 0.3) is 42.2 Å². The summed E-state index contributed by atoms with van der Waals surface area (Å²) in [5.41, 5.74) is 4.50. The van der Waals surface area contributed by atoms with Gasteiger partial charge < -0.3 is 9.40 Å². The Morgan fingerprint density at radius 3 is 2.66 bits per heavy atom. The van der Waals surface area contributed by atoms with Crippen molar-refractivity contribution in [1.82, 2.24) is 14.9 Å². The molecule has 5 heterocycles. The number of hydrogen-bond acceptors (Lipinski definition) is 6. The molecule has 4 aromatic heterocycles. The van der Waals surface area contributed by atoms with E-state index in [0.717, 1.165) is 74.0 Å². The summed E-state index contributed by atoms with van der Waals surface area (Å²) >= 11 is 1.59. The highest BCUT2D eigenvalue weighted by Crippen LogP contribution is 2.40. The Morgan fingerprint density at radius 1 is 1.14 bits per heavy atom. The maximum atomic E-state index is 13.5. The number of aromatic nitrogens is 2. The van der Waals surface area contributed by atoms with Crippen LogP contribution in [-0.2, 0) is 13.0 Å². The predicted molar refractivity (Wildman–Crippen MR) is 144 cm³/mol. The zero-order valence-corrected chi connectivity index (χ0v) is 21.4. The number of aryl methyl sites for hydroxylation is 3. The van der Waals surface area contributed by atoms with Crippen molar-refractivity contribution in [3.63, 3.8) is 0 Å². The molecule has 5 aromatic rings. The van der Waals surface area contributed by atoms with Crippen LogP contribution in [0.2, 0.25) is 0 Å². The number of aromatic amines is 1. The largest absolute Gasteiger partial charge is 0.422 e. The minimum absolute atomic E-state index is 0.00401. The van der Waals surface area contributed by atoms with E-state index in [4.69, 9.17) is 9.40 Å². The van der Waals surface area contributed by atoms with Crippen molar-refractivity contribution in [2.24, 2.45) is 5.92 Å².